The van der Waals surface area contributed by atoms with Crippen LogP contribution in [0.4, 0.5) is 0 Å². The third kappa shape index (κ3) is 1.27. The highest BCUT2D eigenvalue weighted by atomic mass is 16.6. The minimum absolute atomic E-state index is 0.189. The number of furan rings is 1. The molecule has 2 heterocycles. The molecule has 0 spiro atoms. The lowest BCUT2D eigenvalue weighted by atomic mass is 10.2. The molecule has 0 bridgehead atoms. The Hall–Kier alpha value is -1.06. The van der Waals surface area contributed by atoms with Gasteiger partial charge in [0, 0.05) is 19.6 Å². The topological polar surface area (TPSA) is 31.6 Å². The maximum absolute atomic E-state index is 5.60. The van der Waals surface area contributed by atoms with Crippen molar-refractivity contribution in [2.75, 3.05) is 13.7 Å². The molecule has 0 aromatic carbocycles. The van der Waals surface area contributed by atoms with Crippen molar-refractivity contribution >= 4 is 6.08 Å². The number of ether oxygens (including phenoxy) is 2. The normalized spacial score (nSPS) is 38.5. The zero-order chi connectivity index (χ0) is 10.3. The molecule has 2 fully saturated rings. The highest BCUT2D eigenvalue weighted by Crippen LogP contribution is 2.56. The van der Waals surface area contributed by atoms with Crippen LogP contribution in [0.5, 0.6) is 0 Å². The number of hydrogen-bond acceptors (Lipinski definition) is 3. The Morgan fingerprint density at radius 3 is 3.13 bits per heavy atom. The van der Waals surface area contributed by atoms with Gasteiger partial charge in [-0.25, -0.2) is 0 Å². The second-order valence-corrected chi connectivity index (χ2v) is 4.09. The summed E-state index contributed by atoms with van der Waals surface area (Å²) in [5.41, 5.74) is -0.189. The summed E-state index contributed by atoms with van der Waals surface area (Å²) in [5, 5.41) is 0. The quantitative estimate of drug-likeness (QED) is 0.759. The molecule has 80 valence electrons. The van der Waals surface area contributed by atoms with Crippen LogP contribution in [0.25, 0.3) is 6.08 Å². The molecule has 2 aliphatic rings. The van der Waals surface area contributed by atoms with E-state index in [0.29, 0.717) is 5.92 Å². The molecule has 1 aromatic heterocycles. The second kappa shape index (κ2) is 3.22. The summed E-state index contributed by atoms with van der Waals surface area (Å²) in [7, 11) is 1.74. The van der Waals surface area contributed by atoms with E-state index in [9.17, 15) is 0 Å². The molecule has 0 N–H and O–H groups in total. The lowest BCUT2D eigenvalue weighted by Crippen LogP contribution is -2.19. The van der Waals surface area contributed by atoms with Gasteiger partial charge < -0.3 is 13.9 Å². The molecule has 3 atom stereocenters. The maximum atomic E-state index is 5.60. The molecular weight excluding hydrogens is 192 g/mol. The second-order valence-electron chi connectivity index (χ2n) is 4.09. The number of fused-ring (bicyclic) bond motifs is 1. The minimum atomic E-state index is -0.189. The first kappa shape index (κ1) is 9.19. The van der Waals surface area contributed by atoms with Crippen molar-refractivity contribution < 1.29 is 13.9 Å². The zero-order valence-electron chi connectivity index (χ0n) is 8.68. The fourth-order valence-electron chi connectivity index (χ4n) is 2.52. The Morgan fingerprint density at radius 2 is 2.53 bits per heavy atom. The molecule has 3 heteroatoms. The summed E-state index contributed by atoms with van der Waals surface area (Å²) in [4.78, 5) is 0. The van der Waals surface area contributed by atoms with Crippen LogP contribution in [0, 0.1) is 5.92 Å². The van der Waals surface area contributed by atoms with E-state index in [1.54, 1.807) is 13.4 Å². The van der Waals surface area contributed by atoms with Gasteiger partial charge in [-0.3, -0.25) is 0 Å². The van der Waals surface area contributed by atoms with Crippen molar-refractivity contribution in [3.8, 4) is 0 Å². The van der Waals surface area contributed by atoms with Gasteiger partial charge in [0.2, 0.25) is 0 Å². The summed E-state index contributed by atoms with van der Waals surface area (Å²) in [5.74, 6) is 1.39. The van der Waals surface area contributed by atoms with E-state index in [2.05, 4.69) is 6.08 Å². The molecule has 0 amide bonds. The fraction of sp³-hybridized carbons (Fsp3) is 0.500. The standard InChI is InChI=1S/C12H14O3/c1-13-12(10-5-8-15-11(10)12)6-4-9-3-2-7-14-9/h2-4,6-7,10-11H,5,8H2,1H3/b6-4+. The molecule has 1 saturated heterocycles. The Labute approximate surface area is 88.7 Å². The summed E-state index contributed by atoms with van der Waals surface area (Å²) in [6, 6.07) is 3.81. The maximum Gasteiger partial charge on any atom is 0.126 e. The Morgan fingerprint density at radius 1 is 1.60 bits per heavy atom. The van der Waals surface area contributed by atoms with Gasteiger partial charge in [0.25, 0.3) is 0 Å². The zero-order valence-corrected chi connectivity index (χ0v) is 8.68. The molecule has 1 aliphatic heterocycles. The Balaban J connectivity index is 1.77. The van der Waals surface area contributed by atoms with Crippen molar-refractivity contribution in [2.24, 2.45) is 5.92 Å². The lowest BCUT2D eigenvalue weighted by Gasteiger charge is -2.13. The molecule has 1 aliphatic carbocycles. The highest BCUT2D eigenvalue weighted by molar-refractivity contribution is 5.48. The fourth-order valence-corrected chi connectivity index (χ4v) is 2.52. The average Bonchev–Trinajstić information content (AvgIpc) is 2.78. The van der Waals surface area contributed by atoms with Crippen LogP contribution >= 0.6 is 0 Å². The number of hydrogen-bond donors (Lipinski definition) is 0. The SMILES string of the molecule is COC1(/C=C/c2ccco2)C2CCOC21. The van der Waals surface area contributed by atoms with Crippen molar-refractivity contribution in [1.29, 1.82) is 0 Å². The van der Waals surface area contributed by atoms with E-state index in [-0.39, 0.29) is 11.7 Å². The monoisotopic (exact) mass is 206 g/mol. The van der Waals surface area contributed by atoms with Gasteiger partial charge >= 0.3 is 0 Å². The number of rotatable bonds is 3. The molecule has 3 nitrogen and oxygen atoms in total. The predicted molar refractivity (Wildman–Crippen MR) is 55.3 cm³/mol. The van der Waals surface area contributed by atoms with Crippen molar-refractivity contribution in [2.45, 2.75) is 18.1 Å². The van der Waals surface area contributed by atoms with Gasteiger partial charge in [0.1, 0.15) is 11.4 Å². The van der Waals surface area contributed by atoms with Crippen LogP contribution in [0.3, 0.4) is 0 Å². The lowest BCUT2D eigenvalue weighted by molar-refractivity contribution is 0.0231. The molecule has 15 heavy (non-hydrogen) atoms. The number of methoxy groups -OCH3 is 1. The van der Waals surface area contributed by atoms with Crippen LogP contribution in [-0.2, 0) is 9.47 Å². The van der Waals surface area contributed by atoms with Gasteiger partial charge in [-0.05, 0) is 30.7 Å². The van der Waals surface area contributed by atoms with Crippen molar-refractivity contribution in [3.05, 3.63) is 30.2 Å². The minimum Gasteiger partial charge on any atom is -0.465 e. The van der Waals surface area contributed by atoms with Gasteiger partial charge in [-0.2, -0.15) is 0 Å². The van der Waals surface area contributed by atoms with Crippen molar-refractivity contribution in [3.63, 3.8) is 0 Å². The summed E-state index contributed by atoms with van der Waals surface area (Å²) < 4.78 is 16.4. The summed E-state index contributed by atoms with van der Waals surface area (Å²) in [6.45, 7) is 0.870. The first-order chi connectivity index (χ1) is 7.37. The summed E-state index contributed by atoms with van der Waals surface area (Å²) in [6.07, 6.45) is 7.06. The van der Waals surface area contributed by atoms with Crippen LogP contribution in [0.2, 0.25) is 0 Å². The van der Waals surface area contributed by atoms with Crippen LogP contribution in [0.15, 0.2) is 28.9 Å². The average molecular weight is 206 g/mol. The van der Waals surface area contributed by atoms with E-state index >= 15 is 0 Å². The third-order valence-electron chi connectivity index (χ3n) is 3.41. The molecule has 1 saturated carbocycles. The van der Waals surface area contributed by atoms with Gasteiger partial charge in [-0.15, -0.1) is 0 Å². The van der Waals surface area contributed by atoms with E-state index < -0.39 is 0 Å². The van der Waals surface area contributed by atoms with E-state index in [1.165, 1.54) is 0 Å². The largest absolute Gasteiger partial charge is 0.465 e. The van der Waals surface area contributed by atoms with Gasteiger partial charge in [-0.1, -0.05) is 0 Å². The highest BCUT2D eigenvalue weighted by Gasteiger charge is 2.67. The van der Waals surface area contributed by atoms with Gasteiger partial charge in [0.15, 0.2) is 0 Å². The third-order valence-corrected chi connectivity index (χ3v) is 3.41. The predicted octanol–water partition coefficient (Wildman–Crippen LogP) is 2.10. The van der Waals surface area contributed by atoms with Crippen LogP contribution in [0.1, 0.15) is 12.2 Å². The molecular formula is C12H14O3. The van der Waals surface area contributed by atoms with Crippen LogP contribution in [-0.4, -0.2) is 25.4 Å². The Bertz CT molecular complexity index is 356. The summed E-state index contributed by atoms with van der Waals surface area (Å²) >= 11 is 0. The molecule has 3 unspecified atom stereocenters. The molecule has 0 radical (unpaired) electrons. The Kier molecular flexibility index (Phi) is 1.97. The van der Waals surface area contributed by atoms with Gasteiger partial charge in [0.05, 0.1) is 12.4 Å². The van der Waals surface area contributed by atoms with E-state index in [4.69, 9.17) is 13.9 Å². The van der Waals surface area contributed by atoms with Crippen LogP contribution < -0.4 is 0 Å². The smallest absolute Gasteiger partial charge is 0.126 e. The first-order valence-corrected chi connectivity index (χ1v) is 5.26. The van der Waals surface area contributed by atoms with E-state index in [1.807, 2.05) is 18.2 Å². The van der Waals surface area contributed by atoms with Crippen molar-refractivity contribution in [1.82, 2.24) is 0 Å². The van der Waals surface area contributed by atoms with E-state index in [0.717, 1.165) is 18.8 Å². The first-order valence-electron chi connectivity index (χ1n) is 5.26. The molecule has 1 aromatic rings. The molecule has 3 rings (SSSR count).